The maximum Gasteiger partial charge on any atom is 0.150 e. The zero-order valence-electron chi connectivity index (χ0n) is 6.27. The first-order valence-electron chi connectivity index (χ1n) is 2.70. The minimum Gasteiger partial charge on any atom is -0.508 e. The van der Waals surface area contributed by atoms with Gasteiger partial charge in [-0.25, -0.2) is 0 Å². The van der Waals surface area contributed by atoms with Crippen molar-refractivity contribution >= 4 is 6.29 Å². The quantitative estimate of drug-likeness (QED) is 0.478. The van der Waals surface area contributed by atoms with Gasteiger partial charge >= 0.3 is 0 Å². The van der Waals surface area contributed by atoms with Gasteiger partial charge in [0.2, 0.25) is 0 Å². The molecule has 2 N–H and O–H groups in total. The summed E-state index contributed by atoms with van der Waals surface area (Å²) < 4.78 is 0. The van der Waals surface area contributed by atoms with Crippen LogP contribution >= 0.6 is 0 Å². The third-order valence-corrected chi connectivity index (χ3v) is 1.06. The molecular weight excluding hydrogens is 586 g/mol. The average molecular weight is 592 g/mol. The van der Waals surface area contributed by atoms with Crippen LogP contribution in [0.5, 0.6) is 11.5 Å². The second kappa shape index (κ2) is 7.75. The summed E-state index contributed by atoms with van der Waals surface area (Å²) in [7, 11) is 0. The third kappa shape index (κ3) is 5.18. The molecule has 0 aliphatic heterocycles. The zero-order valence-corrected chi connectivity index (χ0v) is 15.8. The van der Waals surface area contributed by atoms with Gasteiger partial charge in [0.05, 0.1) is 0 Å². The first-order chi connectivity index (χ1) is 4.72. The van der Waals surface area contributed by atoms with Gasteiger partial charge in [0.15, 0.2) is 0 Å². The summed E-state index contributed by atoms with van der Waals surface area (Å²) in [5, 5.41) is 17.6. The molecule has 0 saturated carbocycles. The summed E-state index contributed by atoms with van der Waals surface area (Å²) in [6.07, 6.45) is 0.555. The Morgan fingerprint density at radius 2 is 1.42 bits per heavy atom. The minimum atomic E-state index is -0.109. The predicted octanol–water partition coefficient (Wildman–Crippen LogP) is 0.910. The molecule has 0 amide bonds. The molecule has 1 aromatic rings. The number of hydrogen-bond donors (Lipinski definition) is 2. The molecule has 0 bridgehead atoms. The molecule has 58 valence electrons. The number of carbonyl (C=O) groups excluding carboxylic acids is 1. The van der Waals surface area contributed by atoms with E-state index in [1.165, 1.54) is 12.1 Å². The molecule has 2 radical (unpaired) electrons. The van der Waals surface area contributed by atoms with Crippen molar-refractivity contribution in [3.63, 3.8) is 0 Å². The van der Waals surface area contributed by atoms with Crippen LogP contribution in [0, 0.1) is 88.1 Å². The molecule has 1 aromatic carbocycles. The van der Waals surface area contributed by atoms with Crippen molar-refractivity contribution in [2.24, 2.45) is 0 Å². The zero-order chi connectivity index (χ0) is 7.56. The van der Waals surface area contributed by atoms with Gasteiger partial charge in [0.25, 0.3) is 0 Å². The number of hydrogen-bond acceptors (Lipinski definition) is 3. The Kier molecular flexibility index (Phi) is 10.2. The van der Waals surface area contributed by atoms with Gasteiger partial charge in [0, 0.05) is 99.8 Å². The SMILES string of the molecule is O=Cc1cc(O)cc(O)c1.[Ac].[Ac]. The Morgan fingerprint density at radius 1 is 1.00 bits per heavy atom. The summed E-state index contributed by atoms with van der Waals surface area (Å²) in [5.41, 5.74) is 0.262. The fourth-order valence-corrected chi connectivity index (χ4v) is 0.686. The van der Waals surface area contributed by atoms with E-state index in [-0.39, 0.29) is 105 Å². The monoisotopic (exact) mass is 592 g/mol. The van der Waals surface area contributed by atoms with Crippen LogP contribution in [0.1, 0.15) is 10.4 Å². The van der Waals surface area contributed by atoms with Gasteiger partial charge in [-0.15, -0.1) is 0 Å². The van der Waals surface area contributed by atoms with Crippen molar-refractivity contribution in [2.45, 2.75) is 0 Å². The van der Waals surface area contributed by atoms with Gasteiger partial charge in [-0.1, -0.05) is 0 Å². The number of rotatable bonds is 1. The molecule has 5 heteroatoms. The maximum atomic E-state index is 10.1. The van der Waals surface area contributed by atoms with E-state index in [2.05, 4.69) is 0 Å². The summed E-state index contributed by atoms with van der Waals surface area (Å²) in [5.74, 6) is -0.218. The second-order valence-electron chi connectivity index (χ2n) is 1.90. The van der Waals surface area contributed by atoms with E-state index in [1.807, 2.05) is 0 Å². The summed E-state index contributed by atoms with van der Waals surface area (Å²) in [4.78, 5) is 10.1. The summed E-state index contributed by atoms with van der Waals surface area (Å²) in [6, 6.07) is 3.70. The van der Waals surface area contributed by atoms with E-state index in [1.54, 1.807) is 0 Å². The molecule has 0 spiro atoms. The molecule has 0 unspecified atom stereocenters. The van der Waals surface area contributed by atoms with Gasteiger partial charge in [-0.05, 0) is 12.1 Å². The van der Waals surface area contributed by atoms with Crippen LogP contribution in [0.2, 0.25) is 0 Å². The molecule has 0 aliphatic rings. The number of phenolic OH excluding ortho intramolecular Hbond substituents is 2. The van der Waals surface area contributed by atoms with E-state index < -0.39 is 0 Å². The average Bonchev–Trinajstić information content (AvgIpc) is 1.85. The Balaban J connectivity index is 0. The number of aromatic hydroxyl groups is 2. The van der Waals surface area contributed by atoms with Crippen LogP contribution < -0.4 is 0 Å². The topological polar surface area (TPSA) is 57.5 Å². The smallest absolute Gasteiger partial charge is 0.150 e. The predicted molar refractivity (Wildman–Crippen MR) is 35.2 cm³/mol. The molecule has 0 atom stereocenters. The Labute approximate surface area is 142 Å². The van der Waals surface area contributed by atoms with E-state index >= 15 is 0 Å². The number of benzene rings is 1. The van der Waals surface area contributed by atoms with Crippen LogP contribution in [0.25, 0.3) is 0 Å². The van der Waals surface area contributed by atoms with Gasteiger partial charge < -0.3 is 10.2 Å². The number of carbonyl (C=O) groups is 1. The largest absolute Gasteiger partial charge is 0.508 e. The van der Waals surface area contributed by atoms with Gasteiger partial charge in [0.1, 0.15) is 17.8 Å². The minimum absolute atomic E-state index is 0. The first kappa shape index (κ1) is 15.8. The molecule has 12 heavy (non-hydrogen) atoms. The van der Waals surface area contributed by atoms with Gasteiger partial charge in [-0.2, -0.15) is 0 Å². The molecule has 0 aliphatic carbocycles. The second-order valence-corrected chi connectivity index (χ2v) is 1.90. The Bertz CT molecular complexity index is 243. The maximum absolute atomic E-state index is 10.1. The van der Waals surface area contributed by atoms with Gasteiger partial charge in [-0.3, -0.25) is 4.79 Å². The normalized spacial score (nSPS) is 7.67. The summed E-state index contributed by atoms with van der Waals surface area (Å²) in [6.45, 7) is 0. The van der Waals surface area contributed by atoms with Crippen molar-refractivity contribution in [1.82, 2.24) is 0 Å². The van der Waals surface area contributed by atoms with Crippen LogP contribution in [-0.4, -0.2) is 16.5 Å². The molecule has 0 heterocycles. The molecule has 0 aromatic heterocycles. The fraction of sp³-hybridized carbons (Fsp3) is 0. The van der Waals surface area contributed by atoms with Crippen molar-refractivity contribution in [2.75, 3.05) is 0 Å². The van der Waals surface area contributed by atoms with Crippen LogP contribution in [-0.2, 0) is 0 Å². The van der Waals surface area contributed by atoms with Crippen LogP contribution in [0.3, 0.4) is 0 Å². The van der Waals surface area contributed by atoms with E-state index in [0.717, 1.165) is 6.07 Å². The van der Waals surface area contributed by atoms with E-state index in [0.29, 0.717) is 6.29 Å². The Morgan fingerprint density at radius 3 is 1.75 bits per heavy atom. The number of phenols is 2. The molecule has 0 fully saturated rings. The van der Waals surface area contributed by atoms with Crippen molar-refractivity contribution in [3.05, 3.63) is 23.8 Å². The first-order valence-corrected chi connectivity index (χ1v) is 2.70. The van der Waals surface area contributed by atoms with Crippen molar-refractivity contribution in [1.29, 1.82) is 0 Å². The molecule has 3 nitrogen and oxygen atoms in total. The molecular formula is C7H6Ac2O3. The van der Waals surface area contributed by atoms with E-state index in [4.69, 9.17) is 10.2 Å². The van der Waals surface area contributed by atoms with Crippen molar-refractivity contribution < 1.29 is 103 Å². The number of aldehydes is 1. The van der Waals surface area contributed by atoms with E-state index in [9.17, 15) is 4.79 Å². The molecule has 0 saturated heterocycles. The van der Waals surface area contributed by atoms with Crippen molar-refractivity contribution in [3.8, 4) is 11.5 Å². The Hall–Kier alpha value is 1.37. The van der Waals surface area contributed by atoms with Crippen LogP contribution in [0.4, 0.5) is 0 Å². The standard InChI is InChI=1S/C7H6O3.2Ac/c8-4-5-1-6(9)3-7(10)2-5;;/h1-4,9-10H;;. The summed E-state index contributed by atoms with van der Waals surface area (Å²) >= 11 is 0. The van der Waals surface area contributed by atoms with Crippen LogP contribution in [0.15, 0.2) is 18.2 Å². The molecule has 1 rings (SSSR count). The fourth-order valence-electron chi connectivity index (χ4n) is 0.686. The third-order valence-electron chi connectivity index (χ3n) is 1.06.